The second-order valence-electron chi connectivity index (χ2n) is 6.19. The Balaban J connectivity index is 1.88. The van der Waals surface area contributed by atoms with Crippen molar-refractivity contribution in [1.82, 2.24) is 0 Å². The van der Waals surface area contributed by atoms with Gasteiger partial charge in [0.1, 0.15) is 11.8 Å². The van der Waals surface area contributed by atoms with Crippen LogP contribution in [0.2, 0.25) is 5.02 Å². The molecule has 0 saturated carbocycles. The number of rotatable bonds is 6. The van der Waals surface area contributed by atoms with Gasteiger partial charge in [-0.1, -0.05) is 54.1 Å². The highest BCUT2D eigenvalue weighted by Crippen LogP contribution is 2.28. The minimum Gasteiger partial charge on any atom is -0.497 e. The first-order valence-corrected chi connectivity index (χ1v) is 8.97. The van der Waals surface area contributed by atoms with E-state index in [2.05, 4.69) is 10.6 Å². The molecular formula is C22H21ClN2O2. The molecule has 3 rings (SSSR count). The van der Waals surface area contributed by atoms with Gasteiger partial charge in [-0.2, -0.15) is 0 Å². The zero-order chi connectivity index (χ0) is 19.2. The Morgan fingerprint density at radius 3 is 2.48 bits per heavy atom. The summed E-state index contributed by atoms with van der Waals surface area (Å²) < 4.78 is 5.22. The maximum absolute atomic E-state index is 13.0. The molecule has 0 saturated heterocycles. The smallest absolute Gasteiger partial charge is 0.251 e. The van der Waals surface area contributed by atoms with Gasteiger partial charge in [0.25, 0.3) is 5.91 Å². The Hall–Kier alpha value is -2.98. The lowest BCUT2D eigenvalue weighted by molar-refractivity contribution is -0.117. The van der Waals surface area contributed by atoms with Gasteiger partial charge in [-0.15, -0.1) is 0 Å². The molecule has 1 atom stereocenters. The fraction of sp³-hybridized carbons (Fsp3) is 0.136. The van der Waals surface area contributed by atoms with Crippen molar-refractivity contribution in [3.63, 3.8) is 0 Å². The number of methoxy groups -OCH3 is 1. The van der Waals surface area contributed by atoms with Crippen LogP contribution >= 0.6 is 11.6 Å². The molecule has 0 aromatic heterocycles. The maximum atomic E-state index is 13.0. The fourth-order valence-electron chi connectivity index (χ4n) is 2.75. The molecule has 0 radical (unpaired) electrons. The molecule has 3 aromatic carbocycles. The van der Waals surface area contributed by atoms with Crippen LogP contribution in [0.15, 0.2) is 72.8 Å². The molecule has 138 valence electrons. The molecule has 0 fully saturated rings. The number of ether oxygens (including phenoxy) is 1. The maximum Gasteiger partial charge on any atom is 0.251 e. The zero-order valence-electron chi connectivity index (χ0n) is 15.2. The van der Waals surface area contributed by atoms with Gasteiger partial charge in [0.2, 0.25) is 0 Å². The molecule has 0 aliphatic rings. The third-order valence-corrected chi connectivity index (χ3v) is 4.47. The SMILES string of the molecule is COc1cccc(NC(=O)C(Nc2ccc(C)cc2Cl)c2ccccc2)c1. The Morgan fingerprint density at radius 2 is 1.78 bits per heavy atom. The highest BCUT2D eigenvalue weighted by molar-refractivity contribution is 6.33. The van der Waals surface area contributed by atoms with Crippen molar-refractivity contribution >= 4 is 28.9 Å². The lowest BCUT2D eigenvalue weighted by Gasteiger charge is -2.21. The van der Waals surface area contributed by atoms with Crippen LogP contribution in [-0.2, 0) is 4.79 Å². The highest BCUT2D eigenvalue weighted by atomic mass is 35.5. The van der Waals surface area contributed by atoms with Crippen molar-refractivity contribution in [2.75, 3.05) is 17.7 Å². The topological polar surface area (TPSA) is 50.4 Å². The summed E-state index contributed by atoms with van der Waals surface area (Å²) in [6.45, 7) is 1.97. The summed E-state index contributed by atoms with van der Waals surface area (Å²) in [5.41, 5.74) is 3.27. The third kappa shape index (κ3) is 4.80. The van der Waals surface area contributed by atoms with Crippen molar-refractivity contribution in [1.29, 1.82) is 0 Å². The average Bonchev–Trinajstić information content (AvgIpc) is 2.68. The molecule has 5 heteroatoms. The van der Waals surface area contributed by atoms with Gasteiger partial charge in [0.15, 0.2) is 0 Å². The van der Waals surface area contributed by atoms with Gasteiger partial charge in [0.05, 0.1) is 17.8 Å². The number of amides is 1. The number of hydrogen-bond acceptors (Lipinski definition) is 3. The van der Waals surface area contributed by atoms with Crippen LogP contribution in [0.25, 0.3) is 0 Å². The first-order valence-electron chi connectivity index (χ1n) is 8.59. The number of anilines is 2. The quantitative estimate of drug-likeness (QED) is 0.597. The number of halogens is 1. The minimum absolute atomic E-state index is 0.189. The van der Waals surface area contributed by atoms with Crippen molar-refractivity contribution in [3.8, 4) is 5.75 Å². The summed E-state index contributed by atoms with van der Waals surface area (Å²) in [5.74, 6) is 0.490. The van der Waals surface area contributed by atoms with E-state index in [-0.39, 0.29) is 5.91 Å². The first kappa shape index (κ1) is 18.8. The molecule has 0 heterocycles. The molecular weight excluding hydrogens is 360 g/mol. The van der Waals surface area contributed by atoms with Crippen LogP contribution in [0.3, 0.4) is 0 Å². The van der Waals surface area contributed by atoms with Crippen molar-refractivity contribution < 1.29 is 9.53 Å². The van der Waals surface area contributed by atoms with Crippen LogP contribution < -0.4 is 15.4 Å². The van der Waals surface area contributed by atoms with E-state index in [1.807, 2.05) is 73.7 Å². The number of carbonyl (C=O) groups is 1. The van der Waals surface area contributed by atoms with Gasteiger partial charge < -0.3 is 15.4 Å². The molecule has 1 amide bonds. The van der Waals surface area contributed by atoms with Crippen molar-refractivity contribution in [2.45, 2.75) is 13.0 Å². The number of benzene rings is 3. The van der Waals surface area contributed by atoms with Crippen LogP contribution in [0.1, 0.15) is 17.2 Å². The van der Waals surface area contributed by atoms with Crippen molar-refractivity contribution in [2.24, 2.45) is 0 Å². The van der Waals surface area contributed by atoms with Gasteiger partial charge >= 0.3 is 0 Å². The largest absolute Gasteiger partial charge is 0.497 e. The Bertz CT molecular complexity index is 929. The van der Waals surface area contributed by atoms with E-state index < -0.39 is 6.04 Å². The predicted molar refractivity (Wildman–Crippen MR) is 111 cm³/mol. The molecule has 0 aliphatic heterocycles. The predicted octanol–water partition coefficient (Wildman–Crippen LogP) is 5.45. The van der Waals surface area contributed by atoms with Crippen molar-refractivity contribution in [3.05, 3.63) is 88.9 Å². The zero-order valence-corrected chi connectivity index (χ0v) is 16.0. The second kappa shape index (κ2) is 8.60. The number of nitrogens with one attached hydrogen (secondary N) is 2. The van der Waals surface area contributed by atoms with Crippen LogP contribution in [0.5, 0.6) is 5.75 Å². The van der Waals surface area contributed by atoms with E-state index in [1.165, 1.54) is 0 Å². The lowest BCUT2D eigenvalue weighted by Crippen LogP contribution is -2.27. The van der Waals surface area contributed by atoms with Gasteiger partial charge in [-0.25, -0.2) is 0 Å². The summed E-state index contributed by atoms with van der Waals surface area (Å²) in [5, 5.41) is 6.78. The summed E-state index contributed by atoms with van der Waals surface area (Å²) in [7, 11) is 1.59. The van der Waals surface area contributed by atoms with Crippen LogP contribution in [0.4, 0.5) is 11.4 Å². The molecule has 0 bridgehead atoms. The second-order valence-corrected chi connectivity index (χ2v) is 6.60. The normalized spacial score (nSPS) is 11.5. The highest BCUT2D eigenvalue weighted by Gasteiger charge is 2.21. The first-order chi connectivity index (χ1) is 13.1. The van der Waals surface area contributed by atoms with Crippen LogP contribution in [0, 0.1) is 6.92 Å². The standard InChI is InChI=1S/C22H21ClN2O2/c1-15-11-12-20(19(23)13-15)25-21(16-7-4-3-5-8-16)22(26)24-17-9-6-10-18(14-17)27-2/h3-14,21,25H,1-2H3,(H,24,26). The van der Waals surface area contributed by atoms with Gasteiger partial charge in [0, 0.05) is 11.8 Å². The van der Waals surface area contributed by atoms with E-state index in [4.69, 9.17) is 16.3 Å². The third-order valence-electron chi connectivity index (χ3n) is 4.16. The lowest BCUT2D eigenvalue weighted by atomic mass is 10.1. The van der Waals surface area contributed by atoms with Gasteiger partial charge in [-0.3, -0.25) is 4.79 Å². The molecule has 0 spiro atoms. The van der Waals surface area contributed by atoms with E-state index in [9.17, 15) is 4.79 Å². The van der Waals surface area contributed by atoms with E-state index in [1.54, 1.807) is 13.2 Å². The Morgan fingerprint density at radius 1 is 1.00 bits per heavy atom. The van der Waals surface area contributed by atoms with Crippen LogP contribution in [-0.4, -0.2) is 13.0 Å². The molecule has 3 aromatic rings. The minimum atomic E-state index is -0.599. The fourth-order valence-corrected chi connectivity index (χ4v) is 3.04. The van der Waals surface area contributed by atoms with E-state index >= 15 is 0 Å². The summed E-state index contributed by atoms with van der Waals surface area (Å²) >= 11 is 6.35. The Kier molecular flexibility index (Phi) is 5.99. The number of aryl methyl sites for hydroxylation is 1. The number of carbonyl (C=O) groups excluding carboxylic acids is 1. The molecule has 2 N–H and O–H groups in total. The molecule has 0 aliphatic carbocycles. The number of hydrogen-bond donors (Lipinski definition) is 2. The summed E-state index contributed by atoms with van der Waals surface area (Å²) in [6, 6.07) is 21.9. The molecule has 4 nitrogen and oxygen atoms in total. The molecule has 1 unspecified atom stereocenters. The van der Waals surface area contributed by atoms with E-state index in [0.29, 0.717) is 22.1 Å². The van der Waals surface area contributed by atoms with Gasteiger partial charge in [-0.05, 0) is 42.3 Å². The summed E-state index contributed by atoms with van der Waals surface area (Å²) in [4.78, 5) is 13.0. The Labute approximate surface area is 164 Å². The summed E-state index contributed by atoms with van der Waals surface area (Å²) in [6.07, 6.45) is 0. The monoisotopic (exact) mass is 380 g/mol. The van der Waals surface area contributed by atoms with E-state index in [0.717, 1.165) is 11.1 Å². The average molecular weight is 381 g/mol. The molecule has 27 heavy (non-hydrogen) atoms.